The first-order chi connectivity index (χ1) is 12.0. The zero-order valence-electron chi connectivity index (χ0n) is 12.9. The summed E-state index contributed by atoms with van der Waals surface area (Å²) in [7, 11) is 0. The molecule has 8 nitrogen and oxygen atoms in total. The third kappa shape index (κ3) is 3.30. The number of hydrogen-bond donors (Lipinski definition) is 5. The number of fused-ring (bicyclic) bond motifs is 1. The molecule has 0 saturated carbocycles. The predicted molar refractivity (Wildman–Crippen MR) is 89.1 cm³/mol. The van der Waals surface area contributed by atoms with Crippen LogP contribution in [0.2, 0.25) is 0 Å². The van der Waals surface area contributed by atoms with Gasteiger partial charge in [-0.1, -0.05) is 24.3 Å². The summed E-state index contributed by atoms with van der Waals surface area (Å²) in [5, 5.41) is 29.6. The minimum absolute atomic E-state index is 0.0421. The summed E-state index contributed by atoms with van der Waals surface area (Å²) in [6.07, 6.45) is -1.25. The lowest BCUT2D eigenvalue weighted by Gasteiger charge is -2.15. The Kier molecular flexibility index (Phi) is 4.38. The fraction of sp³-hybridized carbons (Fsp3) is 0.0588. The third-order valence-electron chi connectivity index (χ3n) is 3.66. The zero-order valence-corrected chi connectivity index (χ0v) is 12.9. The molecule has 0 aliphatic carbocycles. The maximum absolute atomic E-state index is 12.2. The van der Waals surface area contributed by atoms with Crippen LogP contribution in [0, 0.1) is 0 Å². The highest BCUT2D eigenvalue weighted by molar-refractivity contribution is 5.94. The number of nitrogens with zero attached hydrogens (tertiary/aromatic N) is 1. The highest BCUT2D eigenvalue weighted by Crippen LogP contribution is 2.14. The van der Waals surface area contributed by atoms with Gasteiger partial charge in [-0.3, -0.25) is 15.0 Å². The molecule has 1 atom stereocenters. The van der Waals surface area contributed by atoms with E-state index >= 15 is 0 Å². The van der Waals surface area contributed by atoms with E-state index in [0.29, 0.717) is 10.3 Å². The number of aliphatic hydroxyl groups is 1. The molecule has 1 aromatic heterocycles. The highest BCUT2D eigenvalue weighted by atomic mass is 16.5. The summed E-state index contributed by atoms with van der Waals surface area (Å²) >= 11 is 0. The van der Waals surface area contributed by atoms with E-state index in [1.165, 1.54) is 30.3 Å². The summed E-state index contributed by atoms with van der Waals surface area (Å²) in [5.74, 6) is -0.761. The Balaban J connectivity index is 1.79. The molecule has 128 valence electrons. The van der Waals surface area contributed by atoms with E-state index in [1.54, 1.807) is 18.2 Å². The molecule has 8 heteroatoms. The smallest absolute Gasteiger partial charge is 0.285 e. The van der Waals surface area contributed by atoms with Gasteiger partial charge in [-0.15, -0.1) is 0 Å². The first-order valence-electron chi connectivity index (χ1n) is 7.34. The number of rotatable bonds is 4. The largest absolute Gasteiger partial charge is 0.508 e. The molecule has 25 heavy (non-hydrogen) atoms. The average Bonchev–Trinajstić information content (AvgIpc) is 2.63. The van der Waals surface area contributed by atoms with Gasteiger partial charge in [0.2, 0.25) is 0 Å². The number of nitrogens with one attached hydrogen (secondary N) is 2. The van der Waals surface area contributed by atoms with Gasteiger partial charge in [-0.05, 0) is 29.8 Å². The van der Waals surface area contributed by atoms with Gasteiger partial charge in [0.1, 0.15) is 17.7 Å². The molecule has 0 aliphatic rings. The molecule has 5 N–H and O–H groups in total. The number of aromatic hydroxyl groups is 1. The average molecular weight is 341 g/mol. The minimum atomic E-state index is -1.25. The monoisotopic (exact) mass is 341 g/mol. The summed E-state index contributed by atoms with van der Waals surface area (Å²) < 4.78 is 0.612. The van der Waals surface area contributed by atoms with Gasteiger partial charge in [-0.2, -0.15) is 4.73 Å². The molecule has 0 saturated heterocycles. The molecule has 3 rings (SSSR count). The molecular formula is C17H15N3O5. The Morgan fingerprint density at radius 1 is 1.08 bits per heavy atom. The quantitative estimate of drug-likeness (QED) is 0.272. The lowest BCUT2D eigenvalue weighted by molar-refractivity contribution is 0.0764. The molecule has 1 amide bonds. The first kappa shape index (κ1) is 16.5. The second-order valence-corrected chi connectivity index (χ2v) is 5.32. The summed E-state index contributed by atoms with van der Waals surface area (Å²) in [4.78, 5) is 24.3. The fourth-order valence-electron chi connectivity index (χ4n) is 2.36. The molecule has 1 heterocycles. The molecule has 0 radical (unpaired) electrons. The highest BCUT2D eigenvalue weighted by Gasteiger charge is 2.16. The Bertz CT molecular complexity index is 982. The number of para-hydroxylation sites is 1. The van der Waals surface area contributed by atoms with E-state index in [0.717, 1.165) is 6.07 Å². The first-order valence-corrected chi connectivity index (χ1v) is 7.34. The molecule has 2 aromatic carbocycles. The summed E-state index contributed by atoms with van der Waals surface area (Å²) in [6, 6.07) is 13.0. The second-order valence-electron chi connectivity index (χ2n) is 5.32. The van der Waals surface area contributed by atoms with Crippen LogP contribution in [0.1, 0.15) is 22.3 Å². The normalized spacial score (nSPS) is 12.0. The van der Waals surface area contributed by atoms with Crippen molar-refractivity contribution in [3.63, 3.8) is 0 Å². The Labute approximate surface area is 141 Å². The van der Waals surface area contributed by atoms with Crippen molar-refractivity contribution in [2.45, 2.75) is 6.23 Å². The van der Waals surface area contributed by atoms with Gasteiger partial charge in [0, 0.05) is 11.5 Å². The van der Waals surface area contributed by atoms with Crippen LogP contribution in [0.15, 0.2) is 59.4 Å². The van der Waals surface area contributed by atoms with Gasteiger partial charge in [0.25, 0.3) is 5.91 Å². The Hall–Kier alpha value is -3.36. The van der Waals surface area contributed by atoms with Crippen molar-refractivity contribution in [3.05, 3.63) is 76.1 Å². The van der Waals surface area contributed by atoms with Crippen molar-refractivity contribution in [1.82, 2.24) is 15.6 Å². The lowest BCUT2D eigenvalue weighted by Crippen LogP contribution is -2.41. The molecule has 3 aromatic rings. The topological polar surface area (TPSA) is 124 Å². The number of hydrogen-bond acceptors (Lipinski definition) is 6. The lowest BCUT2D eigenvalue weighted by atomic mass is 10.2. The van der Waals surface area contributed by atoms with Crippen molar-refractivity contribution < 1.29 is 20.2 Å². The number of phenolic OH excluding ortho intramolecular Hbond substituents is 1. The zero-order chi connectivity index (χ0) is 18.0. The van der Waals surface area contributed by atoms with Crippen LogP contribution in [0.3, 0.4) is 0 Å². The van der Waals surface area contributed by atoms with Crippen LogP contribution in [-0.4, -0.2) is 26.1 Å². The summed E-state index contributed by atoms with van der Waals surface area (Å²) in [6.45, 7) is 0. The van der Waals surface area contributed by atoms with E-state index in [1.807, 2.05) is 0 Å². The molecule has 0 aliphatic heterocycles. The van der Waals surface area contributed by atoms with Crippen LogP contribution in [0.25, 0.3) is 10.9 Å². The standard InChI is InChI=1S/C17H15N3O5/c21-11-7-5-10(6-8-11)16(23)18-19-17(24)14-9-15(22)12-3-1-2-4-13(12)20(14)25/h1-9,16,18,21,23,25H,(H,19,24). The van der Waals surface area contributed by atoms with E-state index in [2.05, 4.69) is 10.9 Å². The molecule has 0 fully saturated rings. The number of benzene rings is 2. The summed E-state index contributed by atoms with van der Waals surface area (Å²) in [5.41, 5.74) is 4.48. The van der Waals surface area contributed by atoms with Gasteiger partial charge in [-0.25, -0.2) is 5.43 Å². The van der Waals surface area contributed by atoms with E-state index in [9.17, 15) is 25.0 Å². The minimum Gasteiger partial charge on any atom is -0.508 e. The van der Waals surface area contributed by atoms with Crippen molar-refractivity contribution in [2.75, 3.05) is 0 Å². The Morgan fingerprint density at radius 2 is 1.76 bits per heavy atom. The number of amides is 1. The van der Waals surface area contributed by atoms with E-state index in [4.69, 9.17) is 0 Å². The van der Waals surface area contributed by atoms with E-state index in [-0.39, 0.29) is 22.3 Å². The third-order valence-corrected chi connectivity index (χ3v) is 3.66. The van der Waals surface area contributed by atoms with Crippen LogP contribution in [0.5, 0.6) is 5.75 Å². The van der Waals surface area contributed by atoms with Crippen molar-refractivity contribution >= 4 is 16.8 Å². The number of aromatic nitrogens is 1. The fourth-order valence-corrected chi connectivity index (χ4v) is 2.36. The number of phenols is 1. The van der Waals surface area contributed by atoms with Gasteiger partial charge >= 0.3 is 0 Å². The van der Waals surface area contributed by atoms with Crippen molar-refractivity contribution in [1.29, 1.82) is 0 Å². The molecule has 0 bridgehead atoms. The van der Waals surface area contributed by atoms with Gasteiger partial charge in [0.15, 0.2) is 5.43 Å². The van der Waals surface area contributed by atoms with Crippen LogP contribution in [-0.2, 0) is 0 Å². The molecular weight excluding hydrogens is 326 g/mol. The SMILES string of the molecule is O=C(NNC(O)c1ccc(O)cc1)c1cc(=O)c2ccccc2n1O. The van der Waals surface area contributed by atoms with Crippen LogP contribution in [0.4, 0.5) is 0 Å². The number of carbonyl (C=O) groups excluding carboxylic acids is 1. The predicted octanol–water partition coefficient (Wildman–Crippen LogP) is 0.870. The number of hydrazine groups is 1. The Morgan fingerprint density at radius 3 is 2.48 bits per heavy atom. The van der Waals surface area contributed by atoms with Crippen molar-refractivity contribution in [3.8, 4) is 5.75 Å². The number of pyridine rings is 1. The maximum Gasteiger partial charge on any atom is 0.285 e. The second kappa shape index (κ2) is 6.63. The maximum atomic E-state index is 12.2. The number of carbonyl (C=O) groups is 1. The molecule has 0 spiro atoms. The van der Waals surface area contributed by atoms with Crippen LogP contribution < -0.4 is 16.3 Å². The van der Waals surface area contributed by atoms with Gasteiger partial charge in [0.05, 0.1) is 5.52 Å². The van der Waals surface area contributed by atoms with E-state index < -0.39 is 17.6 Å². The van der Waals surface area contributed by atoms with Crippen LogP contribution >= 0.6 is 0 Å². The van der Waals surface area contributed by atoms with Crippen molar-refractivity contribution in [2.24, 2.45) is 0 Å². The number of aliphatic hydroxyl groups excluding tert-OH is 1. The molecule has 1 unspecified atom stereocenters. The van der Waals surface area contributed by atoms with Gasteiger partial charge < -0.3 is 15.4 Å².